The van der Waals surface area contributed by atoms with Gasteiger partial charge in [0, 0.05) is 11.1 Å². The van der Waals surface area contributed by atoms with Crippen molar-refractivity contribution in [3.63, 3.8) is 0 Å². The molecule has 0 aliphatic carbocycles. The van der Waals surface area contributed by atoms with E-state index in [0.29, 0.717) is 66.1 Å². The molecule has 1 aliphatic rings. The average molecular weight is 497 g/mol. The highest BCUT2D eigenvalue weighted by Crippen LogP contribution is 2.36. The third-order valence-corrected chi connectivity index (χ3v) is 7.95. The van der Waals surface area contributed by atoms with Gasteiger partial charge in [-0.25, -0.2) is 0 Å². The van der Waals surface area contributed by atoms with Gasteiger partial charge in [0.15, 0.2) is 0 Å². The molecule has 0 atom stereocenters. The first-order valence-corrected chi connectivity index (χ1v) is 13.3. The van der Waals surface area contributed by atoms with Crippen molar-refractivity contribution in [1.82, 2.24) is 0 Å². The molecular formula is C28H33O6P. The van der Waals surface area contributed by atoms with E-state index < -0.39 is 7.92 Å². The summed E-state index contributed by atoms with van der Waals surface area (Å²) < 4.78 is 28.3. The molecule has 0 aromatic heterocycles. The predicted octanol–water partition coefficient (Wildman–Crippen LogP) is 3.25. The largest absolute Gasteiger partial charge is 0.507 e. The topological polar surface area (TPSA) is 66.4 Å². The van der Waals surface area contributed by atoms with Gasteiger partial charge in [-0.15, -0.1) is 0 Å². The summed E-state index contributed by atoms with van der Waals surface area (Å²) in [5.74, 6) is 0.223. The Hall–Kier alpha value is -2.31. The molecule has 2 bridgehead atoms. The van der Waals surface area contributed by atoms with Crippen LogP contribution in [0.4, 0.5) is 0 Å². The average Bonchev–Trinajstić information content (AvgIpc) is 2.89. The van der Waals surface area contributed by atoms with Crippen molar-refractivity contribution < 1.29 is 28.8 Å². The number of hydrogen-bond acceptors (Lipinski definition) is 6. The molecular weight excluding hydrogens is 463 g/mol. The van der Waals surface area contributed by atoms with E-state index in [1.165, 1.54) is 10.6 Å². The first kappa shape index (κ1) is 25.8. The minimum atomic E-state index is -0.820. The van der Waals surface area contributed by atoms with Gasteiger partial charge in [0.05, 0.1) is 66.1 Å². The van der Waals surface area contributed by atoms with Crippen molar-refractivity contribution in [3.8, 4) is 5.75 Å². The van der Waals surface area contributed by atoms with Gasteiger partial charge in [-0.1, -0.05) is 60.7 Å². The van der Waals surface area contributed by atoms with Gasteiger partial charge in [0.25, 0.3) is 0 Å². The molecule has 0 amide bonds. The number of benzene rings is 3. The van der Waals surface area contributed by atoms with Gasteiger partial charge in [-0.2, -0.15) is 0 Å². The molecule has 1 heterocycles. The molecule has 0 unspecified atom stereocenters. The molecule has 0 fully saturated rings. The van der Waals surface area contributed by atoms with Crippen molar-refractivity contribution in [3.05, 3.63) is 83.9 Å². The second-order valence-corrected chi connectivity index (χ2v) is 10.3. The van der Waals surface area contributed by atoms with E-state index in [-0.39, 0.29) is 5.75 Å². The van der Waals surface area contributed by atoms with Gasteiger partial charge in [-0.05, 0) is 36.0 Å². The summed E-state index contributed by atoms with van der Waals surface area (Å²) in [6.45, 7) is 4.46. The number of phenolic OH excluding ortho intramolecular Hbond substituents is 1. The fourth-order valence-electron chi connectivity index (χ4n) is 3.83. The number of rotatable bonds is 3. The summed E-state index contributed by atoms with van der Waals surface area (Å²) in [6.07, 6.45) is 0. The van der Waals surface area contributed by atoms with E-state index in [4.69, 9.17) is 23.7 Å². The Morgan fingerprint density at radius 3 is 1.26 bits per heavy atom. The first-order chi connectivity index (χ1) is 17.3. The fraction of sp³-hybridized carbons (Fsp3) is 0.357. The highest BCUT2D eigenvalue weighted by molar-refractivity contribution is 7.79. The van der Waals surface area contributed by atoms with E-state index >= 15 is 0 Å². The minimum absolute atomic E-state index is 0.223. The third kappa shape index (κ3) is 7.84. The van der Waals surface area contributed by atoms with Crippen LogP contribution in [0.5, 0.6) is 5.75 Å². The maximum Gasteiger partial charge on any atom is 0.126 e. The Balaban J connectivity index is 1.64. The van der Waals surface area contributed by atoms with Crippen molar-refractivity contribution in [2.75, 3.05) is 52.9 Å². The minimum Gasteiger partial charge on any atom is -0.507 e. The number of aromatic hydroxyl groups is 1. The van der Waals surface area contributed by atoms with Crippen molar-refractivity contribution in [2.45, 2.75) is 13.2 Å². The highest BCUT2D eigenvalue weighted by Gasteiger charge is 2.20. The Labute approximate surface area is 208 Å². The summed E-state index contributed by atoms with van der Waals surface area (Å²) >= 11 is 0. The molecule has 3 aromatic rings. The molecule has 0 saturated carbocycles. The maximum atomic E-state index is 11.1. The van der Waals surface area contributed by atoms with Gasteiger partial charge in [-0.3, -0.25) is 0 Å². The Morgan fingerprint density at radius 2 is 0.857 bits per heavy atom. The van der Waals surface area contributed by atoms with E-state index in [0.717, 1.165) is 16.4 Å². The summed E-state index contributed by atoms with van der Waals surface area (Å²) in [4.78, 5) is 0. The molecule has 35 heavy (non-hydrogen) atoms. The second kappa shape index (κ2) is 14.3. The summed E-state index contributed by atoms with van der Waals surface area (Å²) in [5.41, 5.74) is 1.50. The molecule has 6 nitrogen and oxygen atoms in total. The number of ether oxygens (including phenoxy) is 5. The van der Waals surface area contributed by atoms with Crippen LogP contribution in [0.25, 0.3) is 0 Å². The van der Waals surface area contributed by atoms with E-state index in [9.17, 15) is 5.11 Å². The normalized spacial score (nSPS) is 16.9. The fourth-order valence-corrected chi connectivity index (χ4v) is 6.24. The maximum absolute atomic E-state index is 11.1. The Bertz CT molecular complexity index is 938. The number of phenols is 1. The van der Waals surface area contributed by atoms with Crippen LogP contribution in [-0.2, 0) is 36.9 Å². The van der Waals surface area contributed by atoms with Crippen molar-refractivity contribution >= 4 is 23.8 Å². The van der Waals surface area contributed by atoms with Crippen LogP contribution in [0, 0.1) is 0 Å². The number of hydrogen-bond donors (Lipinski definition) is 1. The van der Waals surface area contributed by atoms with Gasteiger partial charge >= 0.3 is 0 Å². The van der Waals surface area contributed by atoms with E-state index in [2.05, 4.69) is 60.7 Å². The Kier molecular flexibility index (Phi) is 10.5. The van der Waals surface area contributed by atoms with Crippen LogP contribution in [0.1, 0.15) is 11.1 Å². The number of fused-ring (bicyclic) bond motifs is 2. The summed E-state index contributed by atoms with van der Waals surface area (Å²) in [7, 11) is -0.820. The lowest BCUT2D eigenvalue weighted by molar-refractivity contribution is -0.0147. The standard InChI is InChI=1S/C28H33O6P/c29-28-23-19-27(35(25-7-3-1-4-8-25)26-9-5-2-6-10-26)20-24(28)22-34-18-16-32-14-12-30-11-13-31-15-17-33-21-23/h1-10,19-20,29H,11-18,21-22H2. The molecule has 3 aromatic carbocycles. The van der Waals surface area contributed by atoms with Crippen molar-refractivity contribution in [1.29, 1.82) is 0 Å². The summed E-state index contributed by atoms with van der Waals surface area (Å²) in [6, 6.07) is 25.2. The zero-order valence-electron chi connectivity index (χ0n) is 19.9. The second-order valence-electron chi connectivity index (χ2n) is 8.06. The molecule has 0 radical (unpaired) electrons. The molecule has 186 valence electrons. The van der Waals surface area contributed by atoms with Crippen LogP contribution in [0.2, 0.25) is 0 Å². The SMILES string of the molecule is Oc1c2cc(P(c3ccccc3)c3ccccc3)cc1COCCOCCOCCOCCOC2. The zero-order valence-corrected chi connectivity index (χ0v) is 20.8. The first-order valence-electron chi connectivity index (χ1n) is 12.0. The van der Waals surface area contributed by atoms with E-state index in [1.807, 2.05) is 12.1 Å². The van der Waals surface area contributed by atoms with Gasteiger partial charge in [0.1, 0.15) is 5.75 Å². The zero-order chi connectivity index (χ0) is 24.1. The monoisotopic (exact) mass is 496 g/mol. The molecule has 0 spiro atoms. The lowest BCUT2D eigenvalue weighted by Gasteiger charge is -2.22. The van der Waals surface area contributed by atoms with Crippen LogP contribution < -0.4 is 15.9 Å². The molecule has 4 rings (SSSR count). The quantitative estimate of drug-likeness (QED) is 0.562. The van der Waals surface area contributed by atoms with Crippen LogP contribution in [-0.4, -0.2) is 58.0 Å². The summed E-state index contributed by atoms with van der Waals surface area (Å²) in [5, 5.41) is 14.7. The Morgan fingerprint density at radius 1 is 0.486 bits per heavy atom. The smallest absolute Gasteiger partial charge is 0.126 e. The third-order valence-electron chi connectivity index (χ3n) is 5.54. The van der Waals surface area contributed by atoms with E-state index in [1.54, 1.807) is 0 Å². The van der Waals surface area contributed by atoms with Crippen molar-refractivity contribution in [2.24, 2.45) is 0 Å². The molecule has 1 N–H and O–H groups in total. The predicted molar refractivity (Wildman–Crippen MR) is 139 cm³/mol. The van der Waals surface area contributed by atoms with Gasteiger partial charge in [0.2, 0.25) is 0 Å². The molecule has 1 aliphatic heterocycles. The highest BCUT2D eigenvalue weighted by atomic mass is 31.1. The van der Waals surface area contributed by atoms with Gasteiger partial charge < -0.3 is 28.8 Å². The van der Waals surface area contributed by atoms with Crippen LogP contribution in [0.15, 0.2) is 72.8 Å². The van der Waals surface area contributed by atoms with Crippen LogP contribution in [0.3, 0.4) is 0 Å². The lowest BCUT2D eigenvalue weighted by atomic mass is 10.1. The molecule has 7 heteroatoms. The molecule has 0 saturated heterocycles. The lowest BCUT2D eigenvalue weighted by Crippen LogP contribution is -2.22. The van der Waals surface area contributed by atoms with Crippen LogP contribution >= 0.6 is 7.92 Å².